The van der Waals surface area contributed by atoms with Crippen molar-refractivity contribution in [1.29, 1.82) is 0 Å². The fraction of sp³-hybridized carbons (Fsp3) is 0.583. The van der Waals surface area contributed by atoms with E-state index in [0.717, 1.165) is 13.0 Å². The summed E-state index contributed by atoms with van der Waals surface area (Å²) in [7, 11) is 0. The van der Waals surface area contributed by atoms with Crippen LogP contribution in [0.2, 0.25) is 0 Å². The normalized spacial score (nSPS) is 21.3. The van der Waals surface area contributed by atoms with Crippen molar-refractivity contribution in [3.63, 3.8) is 0 Å². The van der Waals surface area contributed by atoms with Gasteiger partial charge >= 0.3 is 0 Å². The maximum Gasteiger partial charge on any atom is 0.146 e. The summed E-state index contributed by atoms with van der Waals surface area (Å²) >= 11 is 1.84. The maximum atomic E-state index is 11.4. The molecule has 1 aliphatic rings. The largest absolute Gasteiger partial charge is 0.298 e. The molecule has 2 heterocycles. The number of Topliss-reactive ketones (excluding diaryl/α,β-unsaturated/α-hetero) is 1. The molecule has 0 N–H and O–H groups in total. The van der Waals surface area contributed by atoms with E-state index in [1.165, 1.54) is 10.4 Å². The summed E-state index contributed by atoms with van der Waals surface area (Å²) in [4.78, 5) is 15.2. The standard InChI is InChI=1S/C12H17NOS/c1-3-10(14)8-13-6-4-12-11(9(13)2)5-7-15-12/h5,7,9H,3-4,6,8H2,1-2H3. The molecule has 15 heavy (non-hydrogen) atoms. The molecule has 1 aliphatic heterocycles. The van der Waals surface area contributed by atoms with Crippen molar-refractivity contribution in [1.82, 2.24) is 4.90 Å². The molecule has 1 aromatic heterocycles. The Balaban J connectivity index is 2.09. The molecule has 0 spiro atoms. The quantitative estimate of drug-likeness (QED) is 0.785. The predicted octanol–water partition coefficient (Wildman–Crippen LogP) is 2.65. The molecule has 0 amide bonds. The fourth-order valence-electron chi connectivity index (χ4n) is 2.12. The van der Waals surface area contributed by atoms with Gasteiger partial charge in [0.1, 0.15) is 5.78 Å². The molecule has 3 heteroatoms. The van der Waals surface area contributed by atoms with Crippen LogP contribution in [0.15, 0.2) is 11.4 Å². The van der Waals surface area contributed by atoms with E-state index in [1.807, 2.05) is 18.3 Å². The van der Waals surface area contributed by atoms with Gasteiger partial charge in [-0.05, 0) is 30.4 Å². The lowest BCUT2D eigenvalue weighted by Gasteiger charge is -2.32. The first-order chi connectivity index (χ1) is 7.22. The van der Waals surface area contributed by atoms with Crippen molar-refractivity contribution >= 4 is 17.1 Å². The van der Waals surface area contributed by atoms with E-state index in [-0.39, 0.29) is 0 Å². The molecule has 1 aromatic rings. The molecule has 0 fully saturated rings. The molecule has 1 atom stereocenters. The molecule has 0 saturated heterocycles. The number of carbonyl (C=O) groups excluding carboxylic acids is 1. The molecule has 82 valence electrons. The van der Waals surface area contributed by atoms with Gasteiger partial charge in [-0.25, -0.2) is 0 Å². The highest BCUT2D eigenvalue weighted by Crippen LogP contribution is 2.32. The Kier molecular flexibility index (Phi) is 3.22. The molecular formula is C12H17NOS. The minimum atomic E-state index is 0.348. The van der Waals surface area contributed by atoms with E-state index in [0.29, 0.717) is 24.8 Å². The summed E-state index contributed by atoms with van der Waals surface area (Å²) in [5.41, 5.74) is 1.43. The Morgan fingerprint density at radius 3 is 3.20 bits per heavy atom. The maximum absolute atomic E-state index is 11.4. The summed E-state index contributed by atoms with van der Waals surface area (Å²) in [6, 6.07) is 2.61. The molecule has 1 unspecified atom stereocenters. The van der Waals surface area contributed by atoms with Gasteiger partial charge in [-0.2, -0.15) is 0 Å². The van der Waals surface area contributed by atoms with Gasteiger partial charge in [0.05, 0.1) is 6.54 Å². The van der Waals surface area contributed by atoms with E-state index >= 15 is 0 Å². The molecule has 0 aliphatic carbocycles. The van der Waals surface area contributed by atoms with Crippen LogP contribution in [-0.4, -0.2) is 23.8 Å². The first-order valence-electron chi connectivity index (χ1n) is 5.54. The van der Waals surface area contributed by atoms with Gasteiger partial charge in [-0.3, -0.25) is 9.69 Å². The van der Waals surface area contributed by atoms with Crippen LogP contribution in [0, 0.1) is 0 Å². The van der Waals surface area contributed by atoms with Crippen LogP contribution < -0.4 is 0 Å². The van der Waals surface area contributed by atoms with Crippen molar-refractivity contribution in [2.24, 2.45) is 0 Å². The molecular weight excluding hydrogens is 206 g/mol. The number of fused-ring (bicyclic) bond motifs is 1. The highest BCUT2D eigenvalue weighted by atomic mass is 32.1. The lowest BCUT2D eigenvalue weighted by atomic mass is 10.0. The second kappa shape index (κ2) is 4.45. The lowest BCUT2D eigenvalue weighted by molar-refractivity contribution is -0.120. The Morgan fingerprint density at radius 1 is 1.67 bits per heavy atom. The number of rotatable bonds is 3. The summed E-state index contributed by atoms with van der Waals surface area (Å²) in [6.07, 6.45) is 1.76. The van der Waals surface area contributed by atoms with E-state index in [1.54, 1.807) is 0 Å². The number of ketones is 1. The number of hydrogen-bond acceptors (Lipinski definition) is 3. The van der Waals surface area contributed by atoms with E-state index in [9.17, 15) is 4.79 Å². The minimum Gasteiger partial charge on any atom is -0.298 e. The van der Waals surface area contributed by atoms with Gasteiger partial charge in [0.2, 0.25) is 0 Å². The van der Waals surface area contributed by atoms with Crippen molar-refractivity contribution < 1.29 is 4.79 Å². The van der Waals surface area contributed by atoms with Crippen LogP contribution in [0.4, 0.5) is 0 Å². The molecule has 0 bridgehead atoms. The third-order valence-electron chi connectivity index (χ3n) is 3.18. The third-order valence-corrected chi connectivity index (χ3v) is 4.17. The first kappa shape index (κ1) is 10.8. The zero-order valence-corrected chi connectivity index (χ0v) is 10.1. The average molecular weight is 223 g/mol. The Bertz CT molecular complexity index is 358. The number of thiophene rings is 1. The Hall–Kier alpha value is -0.670. The molecule has 0 saturated carbocycles. The van der Waals surface area contributed by atoms with Gasteiger partial charge in [-0.1, -0.05) is 6.92 Å². The summed E-state index contributed by atoms with van der Waals surface area (Å²) < 4.78 is 0. The highest BCUT2D eigenvalue weighted by molar-refractivity contribution is 7.10. The molecule has 0 radical (unpaired) electrons. The zero-order chi connectivity index (χ0) is 10.8. The van der Waals surface area contributed by atoms with Crippen LogP contribution in [0.5, 0.6) is 0 Å². The second-order valence-corrected chi connectivity index (χ2v) is 5.09. The number of nitrogens with zero attached hydrogens (tertiary/aromatic N) is 1. The second-order valence-electron chi connectivity index (χ2n) is 4.09. The Labute approximate surface area is 94.9 Å². The van der Waals surface area contributed by atoms with Crippen molar-refractivity contribution in [3.05, 3.63) is 21.9 Å². The van der Waals surface area contributed by atoms with Crippen molar-refractivity contribution in [2.75, 3.05) is 13.1 Å². The first-order valence-corrected chi connectivity index (χ1v) is 6.42. The predicted molar refractivity (Wildman–Crippen MR) is 63.3 cm³/mol. The SMILES string of the molecule is CCC(=O)CN1CCc2sccc2C1C. The molecule has 0 aromatic carbocycles. The summed E-state index contributed by atoms with van der Waals surface area (Å²) in [6.45, 7) is 5.79. The van der Waals surface area contributed by atoms with E-state index in [4.69, 9.17) is 0 Å². The van der Waals surface area contributed by atoms with Crippen LogP contribution in [0.1, 0.15) is 36.8 Å². The van der Waals surface area contributed by atoms with Gasteiger partial charge < -0.3 is 0 Å². The molecule has 2 rings (SSSR count). The van der Waals surface area contributed by atoms with Crippen molar-refractivity contribution in [2.45, 2.75) is 32.7 Å². The monoisotopic (exact) mass is 223 g/mol. The number of hydrogen-bond donors (Lipinski definition) is 0. The van der Waals surface area contributed by atoms with Crippen LogP contribution in [0.3, 0.4) is 0 Å². The summed E-state index contributed by atoms with van der Waals surface area (Å²) in [5, 5.41) is 2.16. The number of carbonyl (C=O) groups is 1. The lowest BCUT2D eigenvalue weighted by Crippen LogP contribution is -2.36. The zero-order valence-electron chi connectivity index (χ0n) is 9.32. The smallest absolute Gasteiger partial charge is 0.146 e. The van der Waals surface area contributed by atoms with Crippen LogP contribution in [0.25, 0.3) is 0 Å². The van der Waals surface area contributed by atoms with Crippen LogP contribution >= 0.6 is 11.3 Å². The van der Waals surface area contributed by atoms with Gasteiger partial charge in [0, 0.05) is 23.9 Å². The summed E-state index contributed by atoms with van der Waals surface area (Å²) in [5.74, 6) is 0.348. The van der Waals surface area contributed by atoms with Gasteiger partial charge in [0.25, 0.3) is 0 Å². The third kappa shape index (κ3) is 2.13. The van der Waals surface area contributed by atoms with Gasteiger partial charge in [0.15, 0.2) is 0 Å². The average Bonchev–Trinajstić information content (AvgIpc) is 2.70. The molecule has 2 nitrogen and oxygen atoms in total. The topological polar surface area (TPSA) is 20.3 Å². The van der Waals surface area contributed by atoms with Crippen molar-refractivity contribution in [3.8, 4) is 0 Å². The Morgan fingerprint density at radius 2 is 2.47 bits per heavy atom. The minimum absolute atomic E-state index is 0.348. The van der Waals surface area contributed by atoms with E-state index in [2.05, 4.69) is 23.3 Å². The fourth-order valence-corrected chi connectivity index (χ4v) is 3.08. The highest BCUT2D eigenvalue weighted by Gasteiger charge is 2.25. The van der Waals surface area contributed by atoms with Gasteiger partial charge in [-0.15, -0.1) is 11.3 Å². The van der Waals surface area contributed by atoms with Crippen LogP contribution in [-0.2, 0) is 11.2 Å². The van der Waals surface area contributed by atoms with E-state index < -0.39 is 0 Å².